The maximum absolute atomic E-state index is 13.1. The van der Waals surface area contributed by atoms with E-state index in [1.165, 1.54) is 23.5 Å². The quantitative estimate of drug-likeness (QED) is 0.556. The molecule has 1 fully saturated rings. The Morgan fingerprint density at radius 2 is 1.85 bits per heavy atom. The largest absolute Gasteiger partial charge is 0.343 e. The molecular weight excluding hydrogens is 443 g/mol. The molecule has 0 unspecified atom stereocenters. The van der Waals surface area contributed by atoms with Gasteiger partial charge in [0.25, 0.3) is 5.91 Å². The lowest BCUT2D eigenvalue weighted by Crippen LogP contribution is -2.32. The highest BCUT2D eigenvalue weighted by Crippen LogP contribution is 2.25. The van der Waals surface area contributed by atoms with E-state index in [-0.39, 0.29) is 30.1 Å². The maximum atomic E-state index is 13.1. The molecule has 3 amide bonds. The van der Waals surface area contributed by atoms with Gasteiger partial charge < -0.3 is 15.5 Å². The summed E-state index contributed by atoms with van der Waals surface area (Å²) in [5, 5.41) is 5.75. The zero-order chi connectivity index (χ0) is 23.4. The SMILES string of the molecule is Cc1nc(NC(=O)CNC(=O)c2ccc(N3CCCC3=O)cc2)sc1Cc1ccc(F)cc1. The number of hydrogen-bond acceptors (Lipinski definition) is 5. The van der Waals surface area contributed by atoms with Crippen LogP contribution in [0.1, 0.15) is 39.3 Å². The molecule has 170 valence electrons. The van der Waals surface area contributed by atoms with E-state index in [9.17, 15) is 18.8 Å². The summed E-state index contributed by atoms with van der Waals surface area (Å²) in [6.07, 6.45) is 1.97. The Hall–Kier alpha value is -3.59. The lowest BCUT2D eigenvalue weighted by molar-refractivity contribution is -0.117. The Bertz CT molecular complexity index is 1180. The van der Waals surface area contributed by atoms with Gasteiger partial charge >= 0.3 is 0 Å². The van der Waals surface area contributed by atoms with Gasteiger partial charge in [-0.05, 0) is 55.3 Å². The van der Waals surface area contributed by atoms with Crippen LogP contribution in [0.25, 0.3) is 0 Å². The van der Waals surface area contributed by atoms with Crippen molar-refractivity contribution < 1.29 is 18.8 Å². The first kappa shape index (κ1) is 22.6. The summed E-state index contributed by atoms with van der Waals surface area (Å²) >= 11 is 1.35. The van der Waals surface area contributed by atoms with Crippen LogP contribution in [0.2, 0.25) is 0 Å². The number of aryl methyl sites for hydroxylation is 1. The van der Waals surface area contributed by atoms with Crippen LogP contribution >= 0.6 is 11.3 Å². The number of thiazole rings is 1. The van der Waals surface area contributed by atoms with Crippen LogP contribution in [0.15, 0.2) is 48.5 Å². The highest BCUT2D eigenvalue weighted by atomic mass is 32.1. The molecule has 33 heavy (non-hydrogen) atoms. The third kappa shape index (κ3) is 5.61. The van der Waals surface area contributed by atoms with Crippen LogP contribution < -0.4 is 15.5 Å². The van der Waals surface area contributed by atoms with Gasteiger partial charge in [-0.3, -0.25) is 14.4 Å². The molecule has 0 radical (unpaired) electrons. The van der Waals surface area contributed by atoms with Crippen LogP contribution in [0.3, 0.4) is 0 Å². The number of anilines is 2. The molecule has 7 nitrogen and oxygen atoms in total. The molecular formula is C24H23FN4O3S. The predicted molar refractivity (Wildman–Crippen MR) is 125 cm³/mol. The number of nitrogens with zero attached hydrogens (tertiary/aromatic N) is 2. The van der Waals surface area contributed by atoms with Crippen LogP contribution in [0, 0.1) is 12.7 Å². The van der Waals surface area contributed by atoms with Crippen molar-refractivity contribution in [1.29, 1.82) is 0 Å². The maximum Gasteiger partial charge on any atom is 0.251 e. The summed E-state index contributed by atoms with van der Waals surface area (Å²) in [6.45, 7) is 2.34. The molecule has 2 aromatic carbocycles. The van der Waals surface area contributed by atoms with Crippen molar-refractivity contribution in [2.45, 2.75) is 26.2 Å². The normalized spacial score (nSPS) is 13.3. The molecule has 4 rings (SSSR count). The number of rotatable bonds is 7. The van der Waals surface area contributed by atoms with Gasteiger partial charge in [0.2, 0.25) is 11.8 Å². The number of halogens is 1. The summed E-state index contributed by atoms with van der Waals surface area (Å²) in [4.78, 5) is 43.5. The first-order valence-corrected chi connectivity index (χ1v) is 11.4. The molecule has 9 heteroatoms. The van der Waals surface area contributed by atoms with Gasteiger partial charge in [-0.1, -0.05) is 12.1 Å². The molecule has 0 saturated carbocycles. The van der Waals surface area contributed by atoms with Crippen molar-refractivity contribution >= 4 is 39.9 Å². The van der Waals surface area contributed by atoms with E-state index in [0.29, 0.717) is 30.1 Å². The zero-order valence-corrected chi connectivity index (χ0v) is 18.9. The van der Waals surface area contributed by atoms with Crippen molar-refractivity contribution in [3.63, 3.8) is 0 Å². The molecule has 1 aliphatic rings. The number of carbonyl (C=O) groups is 3. The van der Waals surface area contributed by atoms with Gasteiger partial charge in [-0.15, -0.1) is 11.3 Å². The molecule has 2 N–H and O–H groups in total. The molecule has 0 atom stereocenters. The smallest absolute Gasteiger partial charge is 0.251 e. The Balaban J connectivity index is 1.29. The van der Waals surface area contributed by atoms with E-state index in [0.717, 1.165) is 28.2 Å². The number of nitrogens with one attached hydrogen (secondary N) is 2. The van der Waals surface area contributed by atoms with Crippen LogP contribution in [0.4, 0.5) is 15.2 Å². The second-order valence-electron chi connectivity index (χ2n) is 7.76. The first-order valence-electron chi connectivity index (χ1n) is 10.6. The summed E-state index contributed by atoms with van der Waals surface area (Å²) in [5.74, 6) is -0.962. The van der Waals surface area contributed by atoms with Crippen molar-refractivity contribution in [2.75, 3.05) is 23.3 Å². The van der Waals surface area contributed by atoms with Crippen LogP contribution in [0.5, 0.6) is 0 Å². The standard InChI is InChI=1S/C24H23FN4O3S/c1-15-20(13-16-4-8-18(25)9-5-16)33-24(27-15)28-21(30)14-26-23(32)17-6-10-19(11-7-17)29-12-2-3-22(29)31/h4-11H,2-3,12-14H2,1H3,(H,26,32)(H,27,28,30). The molecule has 2 heterocycles. The summed E-state index contributed by atoms with van der Waals surface area (Å²) < 4.78 is 13.1. The monoisotopic (exact) mass is 466 g/mol. The summed E-state index contributed by atoms with van der Waals surface area (Å²) in [5.41, 5.74) is 2.92. The van der Waals surface area contributed by atoms with Crippen LogP contribution in [-0.4, -0.2) is 35.8 Å². The lowest BCUT2D eigenvalue weighted by Gasteiger charge is -2.15. The van der Waals surface area contributed by atoms with Crippen molar-refractivity contribution in [3.8, 4) is 0 Å². The van der Waals surface area contributed by atoms with Gasteiger partial charge in [-0.2, -0.15) is 0 Å². The Kier molecular flexibility index (Phi) is 6.79. The molecule has 3 aromatic rings. The minimum Gasteiger partial charge on any atom is -0.343 e. The van der Waals surface area contributed by atoms with Crippen LogP contribution in [-0.2, 0) is 16.0 Å². The van der Waals surface area contributed by atoms with Crippen molar-refractivity contribution in [3.05, 3.63) is 76.0 Å². The number of aromatic nitrogens is 1. The molecule has 0 bridgehead atoms. The molecule has 0 aliphatic carbocycles. The molecule has 1 aliphatic heterocycles. The van der Waals surface area contributed by atoms with Gasteiger partial charge in [0, 0.05) is 35.5 Å². The molecule has 1 aromatic heterocycles. The van der Waals surface area contributed by atoms with E-state index in [1.807, 2.05) is 6.92 Å². The number of hydrogen-bond donors (Lipinski definition) is 2. The van der Waals surface area contributed by atoms with Gasteiger partial charge in [0.05, 0.1) is 12.2 Å². The third-order valence-electron chi connectivity index (χ3n) is 5.34. The number of amides is 3. The average molecular weight is 467 g/mol. The van der Waals surface area contributed by atoms with E-state index in [2.05, 4.69) is 15.6 Å². The average Bonchev–Trinajstić information content (AvgIpc) is 3.38. The highest BCUT2D eigenvalue weighted by molar-refractivity contribution is 7.15. The number of benzene rings is 2. The Morgan fingerprint density at radius 1 is 1.12 bits per heavy atom. The fourth-order valence-electron chi connectivity index (χ4n) is 3.57. The summed E-state index contributed by atoms with van der Waals surface area (Å²) in [6, 6.07) is 13.0. The lowest BCUT2D eigenvalue weighted by atomic mass is 10.1. The number of carbonyl (C=O) groups excluding carboxylic acids is 3. The van der Waals surface area contributed by atoms with E-state index in [1.54, 1.807) is 41.3 Å². The first-order chi connectivity index (χ1) is 15.9. The van der Waals surface area contributed by atoms with Gasteiger partial charge in [-0.25, -0.2) is 9.37 Å². The van der Waals surface area contributed by atoms with E-state index >= 15 is 0 Å². The Labute approximate surface area is 194 Å². The highest BCUT2D eigenvalue weighted by Gasteiger charge is 2.21. The second-order valence-corrected chi connectivity index (χ2v) is 8.84. The topological polar surface area (TPSA) is 91.4 Å². The Morgan fingerprint density at radius 3 is 2.52 bits per heavy atom. The van der Waals surface area contributed by atoms with Gasteiger partial charge in [0.15, 0.2) is 5.13 Å². The van der Waals surface area contributed by atoms with Crippen molar-refractivity contribution in [2.24, 2.45) is 0 Å². The zero-order valence-electron chi connectivity index (χ0n) is 18.1. The third-order valence-corrected chi connectivity index (χ3v) is 6.41. The fourth-order valence-corrected chi connectivity index (χ4v) is 4.59. The predicted octanol–water partition coefficient (Wildman–Crippen LogP) is 3.68. The fraction of sp³-hybridized carbons (Fsp3) is 0.250. The van der Waals surface area contributed by atoms with E-state index < -0.39 is 0 Å². The van der Waals surface area contributed by atoms with Crippen molar-refractivity contribution in [1.82, 2.24) is 10.3 Å². The van der Waals surface area contributed by atoms with Gasteiger partial charge in [0.1, 0.15) is 5.82 Å². The van der Waals surface area contributed by atoms with E-state index in [4.69, 9.17) is 0 Å². The second kappa shape index (κ2) is 9.91. The molecule has 1 saturated heterocycles. The minimum absolute atomic E-state index is 0.0853. The summed E-state index contributed by atoms with van der Waals surface area (Å²) in [7, 11) is 0. The molecule has 0 spiro atoms. The minimum atomic E-state index is -0.385.